The monoisotopic (exact) mass is 441 g/mol. The molecule has 0 aliphatic rings. The van der Waals surface area contributed by atoms with Crippen LogP contribution in [0.4, 0.5) is 22.0 Å². The molecule has 0 spiro atoms. The molecule has 1 heterocycles. The molecule has 31 heavy (non-hydrogen) atoms. The average Bonchev–Trinajstić information content (AvgIpc) is 2.63. The number of fused-ring (bicyclic) bond motifs is 1. The lowest BCUT2D eigenvalue weighted by atomic mass is 10.1. The molecule has 1 amide bonds. The molecular weight excluding hydrogens is 425 g/mol. The summed E-state index contributed by atoms with van der Waals surface area (Å²) in [6.45, 7) is 1.75. The van der Waals surface area contributed by atoms with E-state index in [1.165, 1.54) is 12.1 Å². The summed E-state index contributed by atoms with van der Waals surface area (Å²) in [4.78, 5) is 29.4. The van der Waals surface area contributed by atoms with E-state index in [0.717, 1.165) is 22.9 Å². The number of hydrogen-bond donors (Lipinski definition) is 1. The van der Waals surface area contributed by atoms with Crippen LogP contribution in [0, 0.1) is 11.6 Å². The number of para-hydroxylation sites is 1. The second-order valence-electron chi connectivity index (χ2n) is 6.61. The quantitative estimate of drug-likeness (QED) is 0.590. The van der Waals surface area contributed by atoms with E-state index in [2.05, 4.69) is 15.1 Å². The van der Waals surface area contributed by atoms with Crippen LogP contribution in [0.15, 0.2) is 41.2 Å². The van der Waals surface area contributed by atoms with E-state index in [1.807, 2.05) is 0 Å². The first kappa shape index (κ1) is 22.2. The van der Waals surface area contributed by atoms with Crippen molar-refractivity contribution in [1.82, 2.24) is 9.66 Å². The summed E-state index contributed by atoms with van der Waals surface area (Å²) in [6, 6.07) is 6.05. The molecule has 0 saturated heterocycles. The number of rotatable bonds is 6. The maximum absolute atomic E-state index is 13.3. The number of aromatic nitrogens is 2. The first-order valence-electron chi connectivity index (χ1n) is 9.12. The Labute approximate surface area is 172 Å². The maximum atomic E-state index is 13.3. The predicted octanol–water partition coefficient (Wildman–Crippen LogP) is 3.84. The molecule has 0 saturated carbocycles. The van der Waals surface area contributed by atoms with Crippen molar-refractivity contribution in [3.8, 4) is 5.75 Å². The smallest absolute Gasteiger partial charge is 0.403 e. The van der Waals surface area contributed by atoms with Crippen molar-refractivity contribution in [2.75, 3.05) is 5.43 Å². The molecule has 0 bridgehead atoms. The van der Waals surface area contributed by atoms with Gasteiger partial charge in [0, 0.05) is 12.5 Å². The first-order chi connectivity index (χ1) is 14.6. The molecule has 2 aromatic carbocycles. The normalized spacial score (nSPS) is 11.5. The molecule has 1 N–H and O–H groups in total. The largest absolute Gasteiger partial charge is 0.573 e. The third-order valence-corrected chi connectivity index (χ3v) is 4.15. The van der Waals surface area contributed by atoms with Gasteiger partial charge in [-0.1, -0.05) is 13.0 Å². The van der Waals surface area contributed by atoms with Crippen LogP contribution in [-0.4, -0.2) is 21.9 Å². The van der Waals surface area contributed by atoms with Gasteiger partial charge in [0.15, 0.2) is 5.75 Å². The van der Waals surface area contributed by atoms with E-state index >= 15 is 0 Å². The highest BCUT2D eigenvalue weighted by molar-refractivity contribution is 5.87. The van der Waals surface area contributed by atoms with Crippen molar-refractivity contribution in [3.05, 3.63) is 69.8 Å². The Morgan fingerprint density at radius 2 is 1.84 bits per heavy atom. The Kier molecular flexibility index (Phi) is 6.23. The molecule has 0 aliphatic heterocycles. The van der Waals surface area contributed by atoms with E-state index in [1.54, 1.807) is 6.92 Å². The van der Waals surface area contributed by atoms with Crippen LogP contribution < -0.4 is 15.7 Å². The second kappa shape index (κ2) is 8.70. The van der Waals surface area contributed by atoms with Crippen LogP contribution >= 0.6 is 0 Å². The molecule has 0 radical (unpaired) electrons. The lowest BCUT2D eigenvalue weighted by Crippen LogP contribution is -2.37. The van der Waals surface area contributed by atoms with Crippen molar-refractivity contribution < 1.29 is 31.5 Å². The van der Waals surface area contributed by atoms with E-state index in [9.17, 15) is 31.5 Å². The standard InChI is InChI=1S/C20H16F5N3O3/c1-2-4-16-26-18-14(5-3-6-15(18)31-20(23,24)25)19(30)28(16)27-17(29)9-11-7-12(21)10-13(22)8-11/h3,5-8,10H,2,4,9H2,1H3,(H,27,29). The Morgan fingerprint density at radius 1 is 1.16 bits per heavy atom. The Balaban J connectivity index is 2.01. The van der Waals surface area contributed by atoms with Gasteiger partial charge in [0.1, 0.15) is 23.0 Å². The number of nitrogens with one attached hydrogen (secondary N) is 1. The third kappa shape index (κ3) is 5.36. The van der Waals surface area contributed by atoms with E-state index < -0.39 is 41.6 Å². The number of carbonyl (C=O) groups is 1. The molecule has 0 fully saturated rings. The van der Waals surface area contributed by atoms with E-state index in [0.29, 0.717) is 12.5 Å². The van der Waals surface area contributed by atoms with E-state index in [-0.39, 0.29) is 28.7 Å². The van der Waals surface area contributed by atoms with E-state index in [4.69, 9.17) is 0 Å². The fourth-order valence-electron chi connectivity index (χ4n) is 3.00. The number of hydrogen-bond acceptors (Lipinski definition) is 4. The molecule has 0 aliphatic carbocycles. The lowest BCUT2D eigenvalue weighted by molar-refractivity contribution is -0.274. The third-order valence-electron chi connectivity index (χ3n) is 4.15. The summed E-state index contributed by atoms with van der Waals surface area (Å²) in [5.74, 6) is -3.15. The van der Waals surface area contributed by atoms with Crippen molar-refractivity contribution in [2.45, 2.75) is 32.5 Å². The highest BCUT2D eigenvalue weighted by Crippen LogP contribution is 2.28. The summed E-state index contributed by atoms with van der Waals surface area (Å²) in [5.41, 5.74) is 1.22. The van der Waals surface area contributed by atoms with Crippen LogP contribution in [-0.2, 0) is 17.6 Å². The van der Waals surface area contributed by atoms with Gasteiger partial charge in [-0.2, -0.15) is 0 Å². The van der Waals surface area contributed by atoms with Gasteiger partial charge >= 0.3 is 6.36 Å². The summed E-state index contributed by atoms with van der Waals surface area (Å²) in [5, 5.41) is -0.210. The number of carbonyl (C=O) groups excluding carboxylic acids is 1. The molecule has 0 atom stereocenters. The Hall–Kier alpha value is -3.50. The topological polar surface area (TPSA) is 73.2 Å². The molecular formula is C20H16F5N3O3. The minimum atomic E-state index is -4.98. The van der Waals surface area contributed by atoms with Gasteiger partial charge in [-0.05, 0) is 36.2 Å². The molecule has 0 unspecified atom stereocenters. The zero-order valence-corrected chi connectivity index (χ0v) is 16.1. The van der Waals surface area contributed by atoms with Gasteiger partial charge in [0.25, 0.3) is 5.56 Å². The number of aryl methyl sites for hydroxylation is 1. The lowest BCUT2D eigenvalue weighted by Gasteiger charge is -2.16. The number of alkyl halides is 3. The second-order valence-corrected chi connectivity index (χ2v) is 6.61. The number of ether oxygens (including phenoxy) is 1. The van der Waals surface area contributed by atoms with Crippen molar-refractivity contribution in [2.24, 2.45) is 0 Å². The molecule has 6 nitrogen and oxygen atoms in total. The van der Waals surface area contributed by atoms with Crippen LogP contribution in [0.5, 0.6) is 5.75 Å². The van der Waals surface area contributed by atoms with Gasteiger partial charge in [0.05, 0.1) is 11.8 Å². The minimum Gasteiger partial charge on any atom is -0.403 e. The molecule has 164 valence electrons. The summed E-state index contributed by atoms with van der Waals surface area (Å²) in [7, 11) is 0. The minimum absolute atomic E-state index is 0.00278. The molecule has 3 aromatic rings. The number of amides is 1. The summed E-state index contributed by atoms with van der Waals surface area (Å²) >= 11 is 0. The Bertz CT molecular complexity index is 1170. The zero-order valence-electron chi connectivity index (χ0n) is 16.1. The van der Waals surface area contributed by atoms with Gasteiger partial charge < -0.3 is 4.74 Å². The highest BCUT2D eigenvalue weighted by atomic mass is 19.4. The van der Waals surface area contributed by atoms with Crippen LogP contribution in [0.1, 0.15) is 24.7 Å². The SMILES string of the molecule is CCCc1nc2c(OC(F)(F)F)cccc2c(=O)n1NC(=O)Cc1cc(F)cc(F)c1. The van der Waals surface area contributed by atoms with Gasteiger partial charge in [0.2, 0.25) is 5.91 Å². The van der Waals surface area contributed by atoms with Gasteiger partial charge in [-0.15, -0.1) is 13.2 Å². The average molecular weight is 441 g/mol. The number of benzene rings is 2. The van der Waals surface area contributed by atoms with Crippen molar-refractivity contribution in [1.29, 1.82) is 0 Å². The highest BCUT2D eigenvalue weighted by Gasteiger charge is 2.32. The van der Waals surface area contributed by atoms with Crippen molar-refractivity contribution >= 4 is 16.8 Å². The number of halogens is 5. The Morgan fingerprint density at radius 3 is 2.45 bits per heavy atom. The van der Waals surface area contributed by atoms with Gasteiger partial charge in [-0.25, -0.2) is 18.4 Å². The summed E-state index contributed by atoms with van der Waals surface area (Å²) < 4.78 is 69.5. The first-order valence-corrected chi connectivity index (χ1v) is 9.12. The van der Waals surface area contributed by atoms with Gasteiger partial charge in [-0.3, -0.25) is 15.0 Å². The van der Waals surface area contributed by atoms with Crippen LogP contribution in [0.3, 0.4) is 0 Å². The molecule has 3 rings (SSSR count). The van der Waals surface area contributed by atoms with Crippen LogP contribution in [0.25, 0.3) is 10.9 Å². The maximum Gasteiger partial charge on any atom is 0.573 e. The predicted molar refractivity (Wildman–Crippen MR) is 101 cm³/mol. The van der Waals surface area contributed by atoms with Crippen molar-refractivity contribution in [3.63, 3.8) is 0 Å². The fraction of sp³-hybridized carbons (Fsp3) is 0.250. The molecule has 11 heteroatoms. The number of nitrogens with zero attached hydrogens (tertiary/aromatic N) is 2. The summed E-state index contributed by atoms with van der Waals surface area (Å²) in [6.07, 6.45) is -4.81. The fourth-order valence-corrected chi connectivity index (χ4v) is 3.00. The van der Waals surface area contributed by atoms with Crippen LogP contribution in [0.2, 0.25) is 0 Å². The zero-order chi connectivity index (χ0) is 22.8. The molecule has 1 aromatic heterocycles.